The second kappa shape index (κ2) is 7.91. The van der Waals surface area contributed by atoms with Gasteiger partial charge in [-0.2, -0.15) is 15.5 Å². The van der Waals surface area contributed by atoms with Gasteiger partial charge in [0.25, 0.3) is 0 Å². The van der Waals surface area contributed by atoms with E-state index in [1.807, 2.05) is 25.1 Å². The maximum Gasteiger partial charge on any atom is 0.231 e. The van der Waals surface area contributed by atoms with E-state index >= 15 is 4.39 Å². The van der Waals surface area contributed by atoms with Crippen molar-refractivity contribution < 1.29 is 13.6 Å². The zero-order valence-electron chi connectivity index (χ0n) is 17.0. The van der Waals surface area contributed by atoms with E-state index in [1.54, 1.807) is 23.0 Å². The summed E-state index contributed by atoms with van der Waals surface area (Å²) in [5.74, 6) is -0.858. The number of halogens is 2. The van der Waals surface area contributed by atoms with Crippen LogP contribution in [0.3, 0.4) is 0 Å². The number of aromatic nitrogens is 4. The topological polar surface area (TPSA) is 98.9 Å². The monoisotopic (exact) mass is 452 g/mol. The van der Waals surface area contributed by atoms with Crippen LogP contribution in [0.25, 0.3) is 27.5 Å². The predicted octanol–water partition coefficient (Wildman–Crippen LogP) is 4.49. The molecule has 1 amide bonds. The van der Waals surface area contributed by atoms with Gasteiger partial charge in [0.15, 0.2) is 5.82 Å². The predicted molar refractivity (Wildman–Crippen MR) is 118 cm³/mol. The van der Waals surface area contributed by atoms with Gasteiger partial charge >= 0.3 is 0 Å². The number of H-pyrrole nitrogens is 1. The number of carbonyl (C=O) groups is 1. The van der Waals surface area contributed by atoms with Gasteiger partial charge in [-0.15, -0.1) is 11.8 Å². The third-order valence-corrected chi connectivity index (χ3v) is 6.53. The molecule has 0 unspecified atom stereocenters. The van der Waals surface area contributed by atoms with E-state index in [4.69, 9.17) is 5.26 Å². The number of alkyl halides is 1. The largest absolute Gasteiger partial charge is 0.309 e. The zero-order chi connectivity index (χ0) is 22.4. The normalized spacial score (nSPS) is 17.6. The molecule has 5 rings (SSSR count). The van der Waals surface area contributed by atoms with Crippen LogP contribution in [0.4, 0.5) is 14.6 Å². The molecule has 0 spiro atoms. The maximum atomic E-state index is 15.5. The van der Waals surface area contributed by atoms with E-state index in [0.717, 1.165) is 28.3 Å². The van der Waals surface area contributed by atoms with Crippen molar-refractivity contribution in [2.45, 2.75) is 30.8 Å². The van der Waals surface area contributed by atoms with Crippen molar-refractivity contribution in [3.05, 3.63) is 42.0 Å². The number of nitrogens with zero attached hydrogens (tertiary/aromatic N) is 4. The third kappa shape index (κ3) is 3.39. The molecule has 10 heteroatoms. The molecule has 0 aliphatic heterocycles. The molecule has 7 nitrogen and oxygen atoms in total. The minimum absolute atomic E-state index is 0.133. The van der Waals surface area contributed by atoms with Gasteiger partial charge in [0.2, 0.25) is 5.91 Å². The molecular formula is C22H18F2N6OS. The Labute approximate surface area is 185 Å². The summed E-state index contributed by atoms with van der Waals surface area (Å²) in [4.78, 5) is 12.4. The number of aromatic amines is 1. The quantitative estimate of drug-likeness (QED) is 0.420. The van der Waals surface area contributed by atoms with E-state index < -0.39 is 12.1 Å². The second-order valence-electron chi connectivity index (χ2n) is 7.62. The van der Waals surface area contributed by atoms with Gasteiger partial charge < -0.3 is 5.32 Å². The van der Waals surface area contributed by atoms with Crippen molar-refractivity contribution in [1.82, 2.24) is 19.8 Å². The van der Waals surface area contributed by atoms with Crippen LogP contribution in [-0.2, 0) is 11.2 Å². The summed E-state index contributed by atoms with van der Waals surface area (Å²) in [6.07, 6.45) is 3.02. The number of pyridine rings is 1. The van der Waals surface area contributed by atoms with Crippen LogP contribution in [0.1, 0.15) is 18.9 Å². The lowest BCUT2D eigenvalue weighted by molar-refractivity contribution is -0.117. The fourth-order valence-electron chi connectivity index (χ4n) is 3.93. The summed E-state index contributed by atoms with van der Waals surface area (Å²) in [5.41, 5.74) is 3.30. The van der Waals surface area contributed by atoms with Gasteiger partial charge in [-0.05, 0) is 41.7 Å². The fraction of sp³-hybridized carbons (Fsp3) is 0.273. The first-order valence-corrected chi connectivity index (χ1v) is 11.1. The standard InChI is InChI=1S/C22H18F2N6OS/c1-2-13-18(15-10-26-28-20(15)21(19(13)24)32-6-4-25)11-3-5-30-12(7-11)8-17(29-30)27-22(31)14-9-16(14)23/h3,5,7-8,10,14,16H,2,6,9H2,1H3,(H,26,28)(H,27,29,31)/t14-,16+/m1/s1. The summed E-state index contributed by atoms with van der Waals surface area (Å²) in [5, 5.41) is 23.7. The van der Waals surface area contributed by atoms with Gasteiger partial charge in [-0.3, -0.25) is 9.89 Å². The molecule has 1 aliphatic rings. The van der Waals surface area contributed by atoms with Gasteiger partial charge in [0, 0.05) is 17.6 Å². The van der Waals surface area contributed by atoms with Gasteiger partial charge in [-0.25, -0.2) is 13.3 Å². The molecule has 0 bridgehead atoms. The maximum absolute atomic E-state index is 15.5. The Morgan fingerprint density at radius 2 is 2.28 bits per heavy atom. The number of nitriles is 1. The van der Waals surface area contributed by atoms with Crippen LogP contribution in [0.2, 0.25) is 0 Å². The first kappa shape index (κ1) is 20.5. The highest BCUT2D eigenvalue weighted by molar-refractivity contribution is 7.99. The fourth-order valence-corrected chi connectivity index (χ4v) is 4.69. The lowest BCUT2D eigenvalue weighted by Gasteiger charge is -2.15. The van der Waals surface area contributed by atoms with Crippen LogP contribution in [0, 0.1) is 23.1 Å². The Kier molecular flexibility index (Phi) is 5.06. The van der Waals surface area contributed by atoms with Gasteiger partial charge in [0.05, 0.1) is 39.9 Å². The minimum atomic E-state index is -1.08. The number of thioether (sulfide) groups is 1. The van der Waals surface area contributed by atoms with Crippen molar-refractivity contribution in [2.75, 3.05) is 11.1 Å². The molecule has 0 radical (unpaired) electrons. The zero-order valence-corrected chi connectivity index (χ0v) is 17.8. The average Bonchev–Trinajstić information content (AvgIpc) is 3.15. The van der Waals surface area contributed by atoms with E-state index in [1.165, 1.54) is 0 Å². The first-order valence-electron chi connectivity index (χ1n) is 10.1. The Morgan fingerprint density at radius 1 is 1.47 bits per heavy atom. The molecule has 1 fully saturated rings. The number of nitrogens with one attached hydrogen (secondary N) is 2. The van der Waals surface area contributed by atoms with Crippen LogP contribution in [0.5, 0.6) is 0 Å². The molecule has 2 N–H and O–H groups in total. The highest BCUT2D eigenvalue weighted by atomic mass is 32.2. The van der Waals surface area contributed by atoms with Crippen molar-refractivity contribution >= 4 is 39.9 Å². The van der Waals surface area contributed by atoms with Crippen molar-refractivity contribution in [3.63, 3.8) is 0 Å². The average molecular weight is 452 g/mol. The number of rotatable bonds is 6. The third-order valence-electron chi connectivity index (χ3n) is 5.59. The van der Waals surface area contributed by atoms with Crippen LogP contribution in [-0.4, -0.2) is 37.6 Å². The molecule has 32 heavy (non-hydrogen) atoms. The molecule has 0 saturated heterocycles. The minimum Gasteiger partial charge on any atom is -0.309 e. The molecule has 162 valence electrons. The molecule has 2 atom stereocenters. The smallest absolute Gasteiger partial charge is 0.231 e. The number of hydrogen-bond acceptors (Lipinski definition) is 5. The summed E-state index contributed by atoms with van der Waals surface area (Å²) in [6.45, 7) is 1.88. The number of carbonyl (C=O) groups excluding carboxylic acids is 1. The number of amides is 1. The number of anilines is 1. The van der Waals surface area contributed by atoms with Gasteiger partial charge in [-0.1, -0.05) is 6.92 Å². The van der Waals surface area contributed by atoms with Crippen molar-refractivity contribution in [1.29, 1.82) is 5.26 Å². The van der Waals surface area contributed by atoms with Crippen molar-refractivity contribution in [3.8, 4) is 17.2 Å². The number of hydrogen-bond donors (Lipinski definition) is 2. The first-order chi connectivity index (χ1) is 15.5. The molecule has 1 aromatic carbocycles. The molecule has 3 aromatic heterocycles. The SMILES string of the molecule is CCc1c(F)c(SCC#N)c2[nH]ncc2c1-c1ccn2nc(NC(=O)[C@@H]3C[C@@H]3F)cc2c1. The molecule has 1 aliphatic carbocycles. The van der Waals surface area contributed by atoms with Crippen LogP contribution < -0.4 is 5.32 Å². The lowest BCUT2D eigenvalue weighted by atomic mass is 9.94. The lowest BCUT2D eigenvalue weighted by Crippen LogP contribution is -2.15. The number of benzene rings is 1. The number of fused-ring (bicyclic) bond motifs is 2. The Morgan fingerprint density at radius 3 is 3.00 bits per heavy atom. The molecule has 1 saturated carbocycles. The highest BCUT2D eigenvalue weighted by Crippen LogP contribution is 2.40. The Bertz CT molecular complexity index is 1410. The summed E-state index contributed by atoms with van der Waals surface area (Å²) < 4.78 is 30.2. The van der Waals surface area contributed by atoms with E-state index in [-0.39, 0.29) is 23.9 Å². The van der Waals surface area contributed by atoms with Crippen LogP contribution >= 0.6 is 11.8 Å². The second-order valence-corrected chi connectivity index (χ2v) is 8.60. The Hall–Kier alpha value is -3.45. The van der Waals surface area contributed by atoms with E-state index in [9.17, 15) is 9.18 Å². The molecular weight excluding hydrogens is 434 g/mol. The summed E-state index contributed by atoms with van der Waals surface area (Å²) in [6, 6.07) is 7.42. The van der Waals surface area contributed by atoms with E-state index in [0.29, 0.717) is 33.7 Å². The van der Waals surface area contributed by atoms with Crippen LogP contribution in [0.15, 0.2) is 35.5 Å². The highest BCUT2D eigenvalue weighted by Gasteiger charge is 2.43. The molecule has 4 aromatic rings. The van der Waals surface area contributed by atoms with E-state index in [2.05, 4.69) is 20.6 Å². The summed E-state index contributed by atoms with van der Waals surface area (Å²) >= 11 is 1.15. The van der Waals surface area contributed by atoms with Gasteiger partial charge in [0.1, 0.15) is 12.0 Å². The summed E-state index contributed by atoms with van der Waals surface area (Å²) in [7, 11) is 0. The molecule has 3 heterocycles. The Balaban J connectivity index is 1.59. The van der Waals surface area contributed by atoms with Crippen molar-refractivity contribution in [2.24, 2.45) is 5.92 Å².